The average Bonchev–Trinajstić information content (AvgIpc) is 2.97. The fourth-order valence-electron chi connectivity index (χ4n) is 3.69. The van der Waals surface area contributed by atoms with Crippen molar-refractivity contribution in [1.82, 2.24) is 14.8 Å². The van der Waals surface area contributed by atoms with E-state index in [0.29, 0.717) is 31.8 Å². The van der Waals surface area contributed by atoms with Crippen molar-refractivity contribution < 1.29 is 14.3 Å². The first-order valence-corrected chi connectivity index (χ1v) is 8.15. The predicted molar refractivity (Wildman–Crippen MR) is 85.0 cm³/mol. The number of piperidine rings is 1. The number of aryl methyl sites for hydroxylation is 1. The third-order valence-electron chi connectivity index (χ3n) is 4.79. The highest BCUT2D eigenvalue weighted by atomic mass is 16.5. The molecule has 2 saturated heterocycles. The van der Waals surface area contributed by atoms with E-state index in [1.54, 1.807) is 13.2 Å². The van der Waals surface area contributed by atoms with Gasteiger partial charge in [-0.25, -0.2) is 4.98 Å². The number of methoxy groups -OCH3 is 1. The third-order valence-corrected chi connectivity index (χ3v) is 4.79. The fourth-order valence-corrected chi connectivity index (χ4v) is 3.69. The summed E-state index contributed by atoms with van der Waals surface area (Å²) < 4.78 is 5.11. The highest BCUT2D eigenvalue weighted by Crippen LogP contribution is 2.32. The summed E-state index contributed by atoms with van der Waals surface area (Å²) in [4.78, 5) is 33.1. The molecule has 0 aromatic carbocycles. The van der Waals surface area contributed by atoms with Crippen molar-refractivity contribution in [2.24, 2.45) is 0 Å². The summed E-state index contributed by atoms with van der Waals surface area (Å²) in [7, 11) is 1.64. The van der Waals surface area contributed by atoms with Crippen molar-refractivity contribution in [1.29, 1.82) is 0 Å². The van der Waals surface area contributed by atoms with E-state index in [1.807, 2.05) is 28.9 Å². The predicted octanol–water partition coefficient (Wildman–Crippen LogP) is 1.24. The Labute approximate surface area is 136 Å². The van der Waals surface area contributed by atoms with Crippen LogP contribution in [-0.4, -0.2) is 65.5 Å². The molecule has 2 aliphatic rings. The number of hydrogen-bond acceptors (Lipinski definition) is 4. The zero-order valence-electron chi connectivity index (χ0n) is 13.7. The summed E-state index contributed by atoms with van der Waals surface area (Å²) in [5, 5.41) is 0. The van der Waals surface area contributed by atoms with Gasteiger partial charge in [0, 0.05) is 32.3 Å². The van der Waals surface area contributed by atoms with Gasteiger partial charge in [-0.3, -0.25) is 9.59 Å². The van der Waals surface area contributed by atoms with Crippen LogP contribution in [0.4, 0.5) is 0 Å². The molecule has 6 heteroatoms. The molecule has 0 radical (unpaired) electrons. The molecule has 2 atom stereocenters. The Morgan fingerprint density at radius 2 is 2.17 bits per heavy atom. The molecular weight excluding hydrogens is 294 g/mol. The maximum absolute atomic E-state index is 12.8. The van der Waals surface area contributed by atoms with E-state index in [4.69, 9.17) is 4.74 Å². The standard InChI is InChI=1S/C17H23N3O3/c1-12-4-3-5-13(18-12)17(22)20-9-8-15-14(20)6-7-16(21)19(15)10-11-23-2/h3-5,14-15H,6-11H2,1-2H3/t14-,15-/m1/s1. The Hall–Kier alpha value is -1.95. The van der Waals surface area contributed by atoms with E-state index in [2.05, 4.69) is 4.98 Å². The Bertz CT molecular complexity index is 605. The largest absolute Gasteiger partial charge is 0.383 e. The highest BCUT2D eigenvalue weighted by molar-refractivity contribution is 5.93. The molecule has 2 amide bonds. The number of carbonyl (C=O) groups excluding carboxylic acids is 2. The number of nitrogens with zero attached hydrogens (tertiary/aromatic N) is 3. The second kappa shape index (κ2) is 6.66. The molecule has 6 nitrogen and oxygen atoms in total. The Balaban J connectivity index is 1.76. The lowest BCUT2D eigenvalue weighted by Crippen LogP contribution is -2.54. The lowest BCUT2D eigenvalue weighted by atomic mass is 9.96. The second-order valence-corrected chi connectivity index (χ2v) is 6.20. The van der Waals surface area contributed by atoms with Gasteiger partial charge < -0.3 is 14.5 Å². The zero-order valence-corrected chi connectivity index (χ0v) is 13.7. The van der Waals surface area contributed by atoms with E-state index in [0.717, 1.165) is 18.5 Å². The van der Waals surface area contributed by atoms with Gasteiger partial charge in [0.05, 0.1) is 18.7 Å². The first-order chi connectivity index (χ1) is 11.1. The lowest BCUT2D eigenvalue weighted by molar-refractivity contribution is -0.138. The van der Waals surface area contributed by atoms with Crippen molar-refractivity contribution >= 4 is 11.8 Å². The lowest BCUT2D eigenvalue weighted by Gasteiger charge is -2.39. The van der Waals surface area contributed by atoms with Gasteiger partial charge in [-0.2, -0.15) is 0 Å². The molecule has 0 saturated carbocycles. The fraction of sp³-hybridized carbons (Fsp3) is 0.588. The molecule has 23 heavy (non-hydrogen) atoms. The topological polar surface area (TPSA) is 62.7 Å². The van der Waals surface area contributed by atoms with Crippen LogP contribution in [0.25, 0.3) is 0 Å². The molecule has 0 unspecified atom stereocenters. The Morgan fingerprint density at radius 1 is 1.35 bits per heavy atom. The number of hydrogen-bond donors (Lipinski definition) is 0. The number of fused-ring (bicyclic) bond motifs is 1. The summed E-state index contributed by atoms with van der Waals surface area (Å²) in [6.45, 7) is 3.69. The molecule has 1 aromatic rings. The van der Waals surface area contributed by atoms with E-state index in [1.165, 1.54) is 0 Å². The molecule has 124 valence electrons. The van der Waals surface area contributed by atoms with Crippen molar-refractivity contribution in [3.63, 3.8) is 0 Å². The van der Waals surface area contributed by atoms with Crippen LogP contribution in [0, 0.1) is 6.92 Å². The maximum atomic E-state index is 12.8. The van der Waals surface area contributed by atoms with E-state index in [9.17, 15) is 9.59 Å². The number of aromatic nitrogens is 1. The van der Waals surface area contributed by atoms with Gasteiger partial charge in [0.1, 0.15) is 5.69 Å². The SMILES string of the molecule is COCCN1C(=O)CC[C@@H]2[C@H]1CCN2C(=O)c1cccc(C)n1. The Kier molecular flexibility index (Phi) is 4.61. The van der Waals surface area contributed by atoms with Crippen molar-refractivity contribution in [3.8, 4) is 0 Å². The van der Waals surface area contributed by atoms with Crippen LogP contribution < -0.4 is 0 Å². The van der Waals surface area contributed by atoms with Crippen LogP contribution in [0.2, 0.25) is 0 Å². The summed E-state index contributed by atoms with van der Waals surface area (Å²) >= 11 is 0. The minimum absolute atomic E-state index is 0.0257. The molecule has 0 spiro atoms. The van der Waals surface area contributed by atoms with Crippen molar-refractivity contribution in [2.75, 3.05) is 26.8 Å². The van der Waals surface area contributed by atoms with Crippen LogP contribution in [0.15, 0.2) is 18.2 Å². The van der Waals surface area contributed by atoms with Gasteiger partial charge in [-0.15, -0.1) is 0 Å². The van der Waals surface area contributed by atoms with Crippen LogP contribution in [0.3, 0.4) is 0 Å². The number of ether oxygens (including phenoxy) is 1. The molecule has 1 aromatic heterocycles. The number of rotatable bonds is 4. The van der Waals surface area contributed by atoms with Gasteiger partial charge in [-0.1, -0.05) is 6.07 Å². The van der Waals surface area contributed by atoms with Crippen LogP contribution in [0.1, 0.15) is 35.4 Å². The number of pyridine rings is 1. The Morgan fingerprint density at radius 3 is 2.91 bits per heavy atom. The van der Waals surface area contributed by atoms with Gasteiger partial charge in [-0.05, 0) is 31.9 Å². The molecule has 0 aliphatic carbocycles. The minimum atomic E-state index is -0.0257. The minimum Gasteiger partial charge on any atom is -0.383 e. The third kappa shape index (κ3) is 3.08. The normalized spacial score (nSPS) is 24.0. The summed E-state index contributed by atoms with van der Waals surface area (Å²) in [5.41, 5.74) is 1.33. The molecule has 0 bridgehead atoms. The van der Waals surface area contributed by atoms with Gasteiger partial charge >= 0.3 is 0 Å². The molecular formula is C17H23N3O3. The number of carbonyl (C=O) groups is 2. The summed E-state index contributed by atoms with van der Waals surface area (Å²) in [6, 6.07) is 5.71. The first-order valence-electron chi connectivity index (χ1n) is 8.15. The number of likely N-dealkylation sites (tertiary alicyclic amines) is 2. The molecule has 3 heterocycles. The van der Waals surface area contributed by atoms with Crippen molar-refractivity contribution in [3.05, 3.63) is 29.6 Å². The van der Waals surface area contributed by atoms with E-state index in [-0.39, 0.29) is 23.9 Å². The van der Waals surface area contributed by atoms with Gasteiger partial charge in [0.25, 0.3) is 5.91 Å². The van der Waals surface area contributed by atoms with Crippen LogP contribution in [-0.2, 0) is 9.53 Å². The second-order valence-electron chi connectivity index (χ2n) is 6.20. The smallest absolute Gasteiger partial charge is 0.272 e. The monoisotopic (exact) mass is 317 g/mol. The van der Waals surface area contributed by atoms with Gasteiger partial charge in [0.2, 0.25) is 5.91 Å². The maximum Gasteiger partial charge on any atom is 0.272 e. The average molecular weight is 317 g/mol. The van der Waals surface area contributed by atoms with Crippen LogP contribution in [0.5, 0.6) is 0 Å². The molecule has 2 aliphatic heterocycles. The summed E-state index contributed by atoms with van der Waals surface area (Å²) in [6.07, 6.45) is 2.07. The molecule has 2 fully saturated rings. The van der Waals surface area contributed by atoms with E-state index >= 15 is 0 Å². The quantitative estimate of drug-likeness (QED) is 0.838. The molecule has 3 rings (SSSR count). The van der Waals surface area contributed by atoms with Crippen molar-refractivity contribution in [2.45, 2.75) is 38.3 Å². The highest BCUT2D eigenvalue weighted by Gasteiger charge is 2.44. The molecule has 0 N–H and O–H groups in total. The van der Waals surface area contributed by atoms with Crippen LogP contribution >= 0.6 is 0 Å². The zero-order chi connectivity index (χ0) is 16.4. The van der Waals surface area contributed by atoms with E-state index < -0.39 is 0 Å². The number of amides is 2. The first kappa shape index (κ1) is 15.9. The summed E-state index contributed by atoms with van der Waals surface area (Å²) in [5.74, 6) is 0.147. The van der Waals surface area contributed by atoms with Gasteiger partial charge in [0.15, 0.2) is 0 Å².